The third-order valence-electron chi connectivity index (χ3n) is 3.88. The molecular weight excluding hydrogens is 222 g/mol. The highest BCUT2D eigenvalue weighted by Crippen LogP contribution is 2.26. The first-order valence-corrected chi connectivity index (χ1v) is 6.48. The van der Waals surface area contributed by atoms with Gasteiger partial charge in [-0.3, -0.25) is 4.79 Å². The van der Waals surface area contributed by atoms with E-state index in [9.17, 15) is 4.79 Å². The van der Waals surface area contributed by atoms with Crippen LogP contribution in [0.25, 0.3) is 5.69 Å². The lowest BCUT2D eigenvalue weighted by Gasteiger charge is -2.15. The normalized spacial score (nSPS) is 14.7. The van der Waals surface area contributed by atoms with E-state index in [1.807, 2.05) is 12.3 Å². The molecule has 18 heavy (non-hydrogen) atoms. The highest BCUT2D eigenvalue weighted by Gasteiger charge is 2.20. The fourth-order valence-electron chi connectivity index (χ4n) is 2.64. The highest BCUT2D eigenvalue weighted by atomic mass is 16.1. The Bertz CT molecular complexity index is 622. The second-order valence-corrected chi connectivity index (χ2v) is 5.09. The lowest BCUT2D eigenvalue weighted by molar-refractivity contribution is 0.0972. The van der Waals surface area contributed by atoms with E-state index in [4.69, 9.17) is 0 Å². The third kappa shape index (κ3) is 1.69. The predicted molar refractivity (Wildman–Crippen MR) is 72.5 cm³/mol. The molecule has 0 N–H and O–H groups in total. The zero-order chi connectivity index (χ0) is 12.7. The minimum Gasteiger partial charge on any atom is -0.320 e. The van der Waals surface area contributed by atoms with Gasteiger partial charge in [0, 0.05) is 29.6 Å². The molecule has 2 aromatic rings. The number of Topliss-reactive ketones (excluding diaryl/α,β-unsaturated/α-hetero) is 1. The van der Waals surface area contributed by atoms with Crippen LogP contribution in [0.2, 0.25) is 0 Å². The van der Waals surface area contributed by atoms with Crippen molar-refractivity contribution in [3.8, 4) is 5.69 Å². The standard InChI is InChI=1S/C16H17NO/c1-11-6-7-13(10-12(11)2)17-9-8-14-15(17)4-3-5-16(14)18/h6-10H,3-5H2,1-2H3. The second-order valence-electron chi connectivity index (χ2n) is 5.09. The van der Waals surface area contributed by atoms with Crippen LogP contribution in [0.5, 0.6) is 0 Å². The van der Waals surface area contributed by atoms with Crippen LogP contribution in [-0.2, 0) is 6.42 Å². The Balaban J connectivity index is 2.12. The fourth-order valence-corrected chi connectivity index (χ4v) is 2.64. The summed E-state index contributed by atoms with van der Waals surface area (Å²) >= 11 is 0. The van der Waals surface area contributed by atoms with Crippen LogP contribution in [0.1, 0.15) is 40.0 Å². The molecule has 3 rings (SSSR count). The van der Waals surface area contributed by atoms with E-state index in [1.54, 1.807) is 0 Å². The van der Waals surface area contributed by atoms with Crippen molar-refractivity contribution in [2.75, 3.05) is 0 Å². The molecule has 0 saturated carbocycles. The number of ketones is 1. The summed E-state index contributed by atoms with van der Waals surface area (Å²) in [5.74, 6) is 0.291. The SMILES string of the molecule is Cc1ccc(-n2ccc3c2CCCC3=O)cc1C. The summed E-state index contributed by atoms with van der Waals surface area (Å²) in [7, 11) is 0. The monoisotopic (exact) mass is 239 g/mol. The van der Waals surface area contributed by atoms with Crippen molar-refractivity contribution in [1.29, 1.82) is 0 Å². The molecule has 0 fully saturated rings. The maximum atomic E-state index is 11.8. The Morgan fingerprint density at radius 2 is 1.89 bits per heavy atom. The first-order valence-electron chi connectivity index (χ1n) is 6.48. The van der Waals surface area contributed by atoms with Crippen LogP contribution in [0.4, 0.5) is 0 Å². The molecule has 2 nitrogen and oxygen atoms in total. The van der Waals surface area contributed by atoms with Crippen LogP contribution >= 0.6 is 0 Å². The zero-order valence-corrected chi connectivity index (χ0v) is 10.9. The highest BCUT2D eigenvalue weighted by molar-refractivity contribution is 5.98. The average molecular weight is 239 g/mol. The minimum absolute atomic E-state index is 0.291. The van der Waals surface area contributed by atoms with E-state index in [0.717, 1.165) is 24.1 Å². The number of aryl methyl sites for hydroxylation is 2. The smallest absolute Gasteiger partial charge is 0.164 e. The van der Waals surface area contributed by atoms with Crippen LogP contribution in [-0.4, -0.2) is 10.4 Å². The van der Waals surface area contributed by atoms with Gasteiger partial charge in [-0.15, -0.1) is 0 Å². The molecule has 0 unspecified atom stereocenters. The molecule has 1 heterocycles. The average Bonchev–Trinajstić information content (AvgIpc) is 2.78. The van der Waals surface area contributed by atoms with Gasteiger partial charge in [0.05, 0.1) is 0 Å². The number of aromatic nitrogens is 1. The number of carbonyl (C=O) groups excluding carboxylic acids is 1. The summed E-state index contributed by atoms with van der Waals surface area (Å²) in [5.41, 5.74) is 5.84. The predicted octanol–water partition coefficient (Wildman–Crippen LogP) is 3.61. The Hall–Kier alpha value is -1.83. The first kappa shape index (κ1) is 11.3. The van der Waals surface area contributed by atoms with E-state index < -0.39 is 0 Å². The van der Waals surface area contributed by atoms with Crippen molar-refractivity contribution in [3.05, 3.63) is 52.8 Å². The lowest BCUT2D eigenvalue weighted by Crippen LogP contribution is -2.12. The molecule has 1 aliphatic carbocycles. The summed E-state index contributed by atoms with van der Waals surface area (Å²) in [6.45, 7) is 4.24. The number of hydrogen-bond donors (Lipinski definition) is 0. The quantitative estimate of drug-likeness (QED) is 0.745. The summed E-state index contributed by atoms with van der Waals surface area (Å²) in [4.78, 5) is 11.8. The van der Waals surface area contributed by atoms with E-state index in [-0.39, 0.29) is 0 Å². The Kier molecular flexibility index (Phi) is 2.58. The maximum Gasteiger partial charge on any atom is 0.164 e. The summed E-state index contributed by atoms with van der Waals surface area (Å²) in [6, 6.07) is 8.42. The molecule has 0 saturated heterocycles. The van der Waals surface area contributed by atoms with Crippen LogP contribution in [0.15, 0.2) is 30.5 Å². The van der Waals surface area contributed by atoms with Crippen molar-refractivity contribution in [1.82, 2.24) is 4.57 Å². The van der Waals surface area contributed by atoms with E-state index in [0.29, 0.717) is 12.2 Å². The largest absolute Gasteiger partial charge is 0.320 e. The van der Waals surface area contributed by atoms with Gasteiger partial charge in [0.2, 0.25) is 0 Å². The molecule has 2 heteroatoms. The molecule has 0 amide bonds. The molecule has 0 spiro atoms. The Morgan fingerprint density at radius 1 is 1.06 bits per heavy atom. The topological polar surface area (TPSA) is 22.0 Å². The number of benzene rings is 1. The molecule has 92 valence electrons. The van der Waals surface area contributed by atoms with Gasteiger partial charge < -0.3 is 4.57 Å². The van der Waals surface area contributed by atoms with Gasteiger partial charge in [0.25, 0.3) is 0 Å². The molecule has 0 atom stereocenters. The lowest BCUT2D eigenvalue weighted by atomic mass is 9.96. The van der Waals surface area contributed by atoms with Crippen molar-refractivity contribution >= 4 is 5.78 Å². The van der Waals surface area contributed by atoms with Gasteiger partial charge in [-0.1, -0.05) is 6.07 Å². The van der Waals surface area contributed by atoms with E-state index in [1.165, 1.54) is 16.8 Å². The third-order valence-corrected chi connectivity index (χ3v) is 3.88. The van der Waals surface area contributed by atoms with Crippen LogP contribution in [0, 0.1) is 13.8 Å². The van der Waals surface area contributed by atoms with Crippen molar-refractivity contribution in [2.24, 2.45) is 0 Å². The van der Waals surface area contributed by atoms with E-state index in [2.05, 4.69) is 36.6 Å². The van der Waals surface area contributed by atoms with Gasteiger partial charge in [-0.2, -0.15) is 0 Å². The number of carbonyl (C=O) groups is 1. The van der Waals surface area contributed by atoms with Gasteiger partial charge in [-0.05, 0) is 56.0 Å². The summed E-state index contributed by atoms with van der Waals surface area (Å²) < 4.78 is 2.17. The van der Waals surface area contributed by atoms with Crippen LogP contribution in [0.3, 0.4) is 0 Å². The van der Waals surface area contributed by atoms with Gasteiger partial charge in [0.15, 0.2) is 5.78 Å². The maximum absolute atomic E-state index is 11.8. The molecule has 1 aromatic heterocycles. The van der Waals surface area contributed by atoms with E-state index >= 15 is 0 Å². The number of hydrogen-bond acceptors (Lipinski definition) is 1. The molecule has 0 radical (unpaired) electrons. The molecule has 0 aliphatic heterocycles. The number of fused-ring (bicyclic) bond motifs is 1. The second kappa shape index (κ2) is 4.13. The van der Waals surface area contributed by atoms with Crippen molar-refractivity contribution in [3.63, 3.8) is 0 Å². The molecule has 0 bridgehead atoms. The summed E-state index contributed by atoms with van der Waals surface area (Å²) in [5, 5.41) is 0. The fraction of sp³-hybridized carbons (Fsp3) is 0.312. The number of nitrogens with zero attached hydrogens (tertiary/aromatic N) is 1. The first-order chi connectivity index (χ1) is 8.66. The Labute approximate surface area is 107 Å². The molecule has 1 aromatic carbocycles. The molecular formula is C16H17NO. The van der Waals surface area contributed by atoms with Crippen molar-refractivity contribution < 1.29 is 4.79 Å². The van der Waals surface area contributed by atoms with Gasteiger partial charge in [0.1, 0.15) is 0 Å². The molecule has 1 aliphatic rings. The summed E-state index contributed by atoms with van der Waals surface area (Å²) in [6.07, 6.45) is 4.70. The van der Waals surface area contributed by atoms with Crippen molar-refractivity contribution in [2.45, 2.75) is 33.1 Å². The zero-order valence-electron chi connectivity index (χ0n) is 10.9. The Morgan fingerprint density at radius 3 is 2.67 bits per heavy atom. The van der Waals surface area contributed by atoms with Gasteiger partial charge in [-0.25, -0.2) is 0 Å². The number of rotatable bonds is 1. The van der Waals surface area contributed by atoms with Crippen LogP contribution < -0.4 is 0 Å². The minimum atomic E-state index is 0.291. The van der Waals surface area contributed by atoms with Gasteiger partial charge >= 0.3 is 0 Å².